The average Bonchev–Trinajstić information content (AvgIpc) is 3.87. The van der Waals surface area contributed by atoms with Crippen molar-refractivity contribution in [2.24, 2.45) is 10.8 Å². The van der Waals surface area contributed by atoms with Crippen molar-refractivity contribution in [1.29, 1.82) is 0 Å². The van der Waals surface area contributed by atoms with E-state index in [9.17, 15) is 0 Å². The molecule has 220 valence electrons. The number of ether oxygens (including phenoxy) is 1. The maximum atomic E-state index is 15.4. The minimum atomic E-state index is -0.929. The zero-order valence-corrected chi connectivity index (χ0v) is 25.5. The topological polar surface area (TPSA) is 26.3 Å². The van der Waals surface area contributed by atoms with Gasteiger partial charge in [-0.3, -0.25) is 4.79 Å². The second-order valence-electron chi connectivity index (χ2n) is 13.6. The van der Waals surface area contributed by atoms with Gasteiger partial charge in [-0.25, -0.2) is 0 Å². The van der Waals surface area contributed by atoms with Crippen molar-refractivity contribution in [3.8, 4) is 0 Å². The quantitative estimate of drug-likeness (QED) is 0.204. The first-order valence-corrected chi connectivity index (χ1v) is 16.5. The molecule has 2 nitrogen and oxygen atoms in total. The van der Waals surface area contributed by atoms with E-state index in [0.29, 0.717) is 0 Å². The maximum absolute atomic E-state index is 15.4. The van der Waals surface area contributed by atoms with Gasteiger partial charge in [0.2, 0.25) is 0 Å². The van der Waals surface area contributed by atoms with E-state index in [-0.39, 0.29) is 5.78 Å². The lowest BCUT2D eigenvalue weighted by Crippen LogP contribution is -2.66. The summed E-state index contributed by atoms with van der Waals surface area (Å²) in [6.07, 6.45) is 3.30. The van der Waals surface area contributed by atoms with Gasteiger partial charge in [-0.15, -0.1) is 0 Å². The van der Waals surface area contributed by atoms with Crippen LogP contribution in [0.25, 0.3) is 44.0 Å². The Bertz CT molecular complexity index is 2310. The van der Waals surface area contributed by atoms with E-state index in [1.807, 2.05) is 6.07 Å². The second kappa shape index (κ2) is 9.17. The van der Waals surface area contributed by atoms with E-state index in [1.54, 1.807) is 0 Å². The molecule has 2 heteroatoms. The number of rotatable bonds is 4. The molecule has 1 heterocycles. The van der Waals surface area contributed by atoms with Crippen LogP contribution in [0.15, 0.2) is 146 Å². The number of benzene rings is 6. The molecule has 10 rings (SSSR count). The van der Waals surface area contributed by atoms with Crippen molar-refractivity contribution < 1.29 is 9.53 Å². The van der Waals surface area contributed by atoms with Gasteiger partial charge in [-0.2, -0.15) is 0 Å². The Hall–Kier alpha value is -5.21. The number of carbonyl (C=O) groups excluding carboxylic acids is 1. The molecule has 2 fully saturated rings. The third kappa shape index (κ3) is 3.24. The van der Waals surface area contributed by atoms with Gasteiger partial charge in [0.15, 0.2) is 11.4 Å². The lowest BCUT2D eigenvalue weighted by Gasteiger charge is -2.60. The van der Waals surface area contributed by atoms with Crippen molar-refractivity contribution in [2.45, 2.75) is 31.3 Å². The summed E-state index contributed by atoms with van der Waals surface area (Å²) in [6, 6.07) is 52.0. The summed E-state index contributed by atoms with van der Waals surface area (Å²) in [7, 11) is 0. The molecular weight excluding hydrogens is 560 g/mol. The highest BCUT2D eigenvalue weighted by Crippen LogP contribution is 2.80. The smallest absolute Gasteiger partial charge is 0.188 e. The monoisotopic (exact) mass is 592 g/mol. The molecule has 0 saturated heterocycles. The van der Waals surface area contributed by atoms with Gasteiger partial charge in [0.25, 0.3) is 0 Å². The molecule has 2 unspecified atom stereocenters. The van der Waals surface area contributed by atoms with E-state index < -0.39 is 16.4 Å². The minimum absolute atomic E-state index is 0.276. The van der Waals surface area contributed by atoms with Crippen LogP contribution >= 0.6 is 0 Å². The summed E-state index contributed by atoms with van der Waals surface area (Å²) >= 11 is 0. The fraction of sp³-hybridized carbons (Fsp3) is 0.159. The van der Waals surface area contributed by atoms with Crippen LogP contribution in [0.4, 0.5) is 0 Å². The van der Waals surface area contributed by atoms with Gasteiger partial charge < -0.3 is 4.74 Å². The van der Waals surface area contributed by atoms with Gasteiger partial charge in [0, 0.05) is 11.1 Å². The molecule has 3 aliphatic carbocycles. The molecule has 1 aliphatic heterocycles. The third-order valence-corrected chi connectivity index (χ3v) is 11.4. The number of allylic oxidation sites excluding steroid dienone is 1. The lowest BCUT2D eigenvalue weighted by atomic mass is 9.42. The predicted octanol–water partition coefficient (Wildman–Crippen LogP) is 10.4. The first-order chi connectivity index (χ1) is 22.6. The molecule has 46 heavy (non-hydrogen) atoms. The summed E-state index contributed by atoms with van der Waals surface area (Å²) < 4.78 is 7.30. The molecule has 2 saturated carbocycles. The van der Waals surface area contributed by atoms with Gasteiger partial charge >= 0.3 is 0 Å². The van der Waals surface area contributed by atoms with E-state index in [0.717, 1.165) is 53.7 Å². The number of carbonyl (C=O) groups is 1. The van der Waals surface area contributed by atoms with Crippen LogP contribution in [0.1, 0.15) is 47.9 Å². The van der Waals surface area contributed by atoms with Crippen LogP contribution in [0.3, 0.4) is 0 Å². The highest BCUT2D eigenvalue weighted by atomic mass is 16.5. The van der Waals surface area contributed by atoms with Crippen LogP contribution in [-0.4, -0.2) is 11.4 Å². The summed E-state index contributed by atoms with van der Waals surface area (Å²) in [4.78, 5) is 15.4. The Balaban J connectivity index is 1.35. The van der Waals surface area contributed by atoms with Gasteiger partial charge in [-0.05, 0) is 87.2 Å². The molecule has 0 aromatic heterocycles. The van der Waals surface area contributed by atoms with E-state index >= 15 is 4.79 Å². The Morgan fingerprint density at radius 2 is 0.957 bits per heavy atom. The van der Waals surface area contributed by atoms with Crippen LogP contribution in [0.2, 0.25) is 0 Å². The van der Waals surface area contributed by atoms with Crippen LogP contribution in [-0.2, 0) is 9.53 Å². The molecule has 0 N–H and O–H groups in total. The molecule has 4 aliphatic rings. The Morgan fingerprint density at radius 1 is 0.435 bits per heavy atom. The van der Waals surface area contributed by atoms with Crippen molar-refractivity contribution in [2.75, 3.05) is 0 Å². The summed E-state index contributed by atoms with van der Waals surface area (Å²) in [5.41, 5.74) is 6.04. The van der Waals surface area contributed by atoms with Crippen LogP contribution in [0.5, 0.6) is 0 Å². The average molecular weight is 593 g/mol. The molecular formula is C44H32O2. The standard InChI is InChI=1S/C44H32O2/c45-41-42(23-24-42)37(35-21-19-29-11-7-9-17-33(29)27-35)38(31-13-3-1-4-14-31)43-25-26-44(41,43)46-40(32-15-5-2-6-16-32)39(43)36-22-20-30-12-8-10-18-34(30)28-36/h1-22,27-28H,23-26H2. The molecule has 2 atom stereocenters. The highest BCUT2D eigenvalue weighted by Gasteiger charge is 2.80. The first-order valence-electron chi connectivity index (χ1n) is 16.5. The molecule has 1 spiro atoms. The Morgan fingerprint density at radius 3 is 1.50 bits per heavy atom. The lowest BCUT2D eigenvalue weighted by molar-refractivity contribution is -0.160. The summed E-state index contributed by atoms with van der Waals surface area (Å²) in [6.45, 7) is 0. The first kappa shape index (κ1) is 26.1. The predicted molar refractivity (Wildman–Crippen MR) is 187 cm³/mol. The van der Waals surface area contributed by atoms with Crippen molar-refractivity contribution in [3.63, 3.8) is 0 Å². The molecule has 0 amide bonds. The highest BCUT2D eigenvalue weighted by molar-refractivity contribution is 6.24. The molecule has 0 radical (unpaired) electrons. The van der Waals surface area contributed by atoms with E-state index in [1.165, 1.54) is 38.3 Å². The maximum Gasteiger partial charge on any atom is 0.188 e. The Kier molecular flexibility index (Phi) is 5.19. The fourth-order valence-corrected chi connectivity index (χ4v) is 9.12. The minimum Gasteiger partial charge on any atom is -0.477 e. The molecule has 6 aromatic rings. The van der Waals surface area contributed by atoms with Gasteiger partial charge in [0.1, 0.15) is 5.76 Å². The SMILES string of the molecule is O=C1C2(CC2)C(c2ccc3ccccc3c2)=C(c2ccccc2)C23CCC12OC(c1ccccc1)=C3c1ccc2ccccc2c1. The number of Topliss-reactive ketones (excluding diaryl/α,β-unsaturated/α-hetero) is 1. The van der Waals surface area contributed by atoms with Crippen molar-refractivity contribution in [3.05, 3.63) is 168 Å². The second-order valence-corrected chi connectivity index (χ2v) is 13.6. The summed E-state index contributed by atoms with van der Waals surface area (Å²) in [5.74, 6) is 1.13. The molecule has 6 aromatic carbocycles. The normalized spacial score (nSPS) is 24.1. The molecule has 0 bridgehead atoms. The third-order valence-electron chi connectivity index (χ3n) is 11.4. The van der Waals surface area contributed by atoms with Crippen molar-refractivity contribution >= 4 is 49.8 Å². The van der Waals surface area contributed by atoms with Crippen LogP contribution < -0.4 is 0 Å². The Labute approximate surface area is 268 Å². The fourth-order valence-electron chi connectivity index (χ4n) is 9.12. The number of ketones is 1. The van der Waals surface area contributed by atoms with Gasteiger partial charge in [0.05, 0.1) is 10.8 Å². The van der Waals surface area contributed by atoms with E-state index in [2.05, 4.69) is 140 Å². The number of hydrogen-bond acceptors (Lipinski definition) is 2. The summed E-state index contributed by atoms with van der Waals surface area (Å²) in [5, 5.41) is 4.80. The zero-order chi connectivity index (χ0) is 30.5. The zero-order valence-electron chi connectivity index (χ0n) is 25.5. The van der Waals surface area contributed by atoms with Crippen LogP contribution in [0, 0.1) is 10.8 Å². The van der Waals surface area contributed by atoms with E-state index in [4.69, 9.17) is 4.74 Å². The van der Waals surface area contributed by atoms with Crippen molar-refractivity contribution in [1.82, 2.24) is 0 Å². The van der Waals surface area contributed by atoms with Gasteiger partial charge in [-0.1, -0.05) is 133 Å². The number of fused-ring (bicyclic) bond motifs is 2. The largest absolute Gasteiger partial charge is 0.477 e. The number of hydrogen-bond donors (Lipinski definition) is 0.